The first-order chi connectivity index (χ1) is 11.5. The third-order valence-electron chi connectivity index (χ3n) is 3.53. The minimum atomic E-state index is -0.906. The predicted octanol–water partition coefficient (Wildman–Crippen LogP) is 3.59. The molecular weight excluding hydrogens is 302 g/mol. The van der Waals surface area contributed by atoms with Crippen molar-refractivity contribution in [1.82, 2.24) is 14.8 Å². The maximum absolute atomic E-state index is 11.6. The number of carboxylic acid groups (broad SMARTS) is 1. The molecule has 124 valence electrons. The van der Waals surface area contributed by atoms with Crippen LogP contribution in [0.15, 0.2) is 72.6 Å². The smallest absolute Gasteiger partial charge is 0.311 e. The van der Waals surface area contributed by atoms with Gasteiger partial charge < -0.3 is 5.11 Å². The van der Waals surface area contributed by atoms with Crippen LogP contribution in [0.5, 0.6) is 0 Å². The Hall–Kier alpha value is -2.95. The zero-order chi connectivity index (χ0) is 17.5. The summed E-state index contributed by atoms with van der Waals surface area (Å²) in [6, 6.07) is 7.35. The lowest BCUT2D eigenvalue weighted by atomic mass is 9.94. The average molecular weight is 323 g/mol. The molecule has 0 saturated carbocycles. The third kappa shape index (κ3) is 4.52. The summed E-state index contributed by atoms with van der Waals surface area (Å²) in [5.41, 5.74) is 2.21. The molecule has 0 aliphatic rings. The molecule has 0 spiro atoms. The molecule has 1 unspecified atom stereocenters. The zero-order valence-electron chi connectivity index (χ0n) is 13.9. The fourth-order valence-corrected chi connectivity index (χ4v) is 2.38. The second-order valence-electron chi connectivity index (χ2n) is 5.50. The molecule has 0 aromatic carbocycles. The van der Waals surface area contributed by atoms with Crippen LogP contribution in [0.2, 0.25) is 0 Å². The maximum Gasteiger partial charge on any atom is 0.311 e. The SMILES string of the molecule is C=C(/C=C(C)\C=C/C)C(Cc1ccn(-c2ccccn2)n1)C(=O)O. The van der Waals surface area contributed by atoms with E-state index in [-0.39, 0.29) is 6.42 Å². The first kappa shape index (κ1) is 17.4. The Morgan fingerprint density at radius 3 is 2.83 bits per heavy atom. The van der Waals surface area contributed by atoms with E-state index in [1.165, 1.54) is 0 Å². The molecule has 2 aromatic heterocycles. The summed E-state index contributed by atoms with van der Waals surface area (Å²) in [5.74, 6) is -0.924. The van der Waals surface area contributed by atoms with Crippen LogP contribution in [0.3, 0.4) is 0 Å². The Balaban J connectivity index is 2.17. The van der Waals surface area contributed by atoms with E-state index >= 15 is 0 Å². The van der Waals surface area contributed by atoms with E-state index in [1.807, 2.05) is 44.2 Å². The number of carboxylic acids is 1. The van der Waals surface area contributed by atoms with Crippen molar-refractivity contribution in [3.63, 3.8) is 0 Å². The number of aromatic nitrogens is 3. The molecule has 5 heteroatoms. The fourth-order valence-electron chi connectivity index (χ4n) is 2.38. The van der Waals surface area contributed by atoms with E-state index in [2.05, 4.69) is 16.7 Å². The lowest BCUT2D eigenvalue weighted by Crippen LogP contribution is -2.18. The van der Waals surface area contributed by atoms with Crippen LogP contribution < -0.4 is 0 Å². The molecular formula is C19H21N3O2. The second kappa shape index (κ2) is 8.06. The van der Waals surface area contributed by atoms with Crippen molar-refractivity contribution < 1.29 is 9.90 Å². The number of aliphatic carboxylic acids is 1. The standard InChI is InChI=1S/C19H21N3O2/c1-4-7-14(2)12-15(3)17(19(23)24)13-16-9-11-22(21-16)18-8-5-6-10-20-18/h4-12,17H,3,13H2,1-2H3,(H,23,24)/b7-4-,14-12-. The van der Waals surface area contributed by atoms with Gasteiger partial charge in [0.05, 0.1) is 11.6 Å². The van der Waals surface area contributed by atoms with Crippen LogP contribution >= 0.6 is 0 Å². The summed E-state index contributed by atoms with van der Waals surface area (Å²) in [6.07, 6.45) is 9.37. The van der Waals surface area contributed by atoms with Gasteiger partial charge in [0.15, 0.2) is 5.82 Å². The van der Waals surface area contributed by atoms with Gasteiger partial charge >= 0.3 is 5.97 Å². The molecule has 1 atom stereocenters. The zero-order valence-corrected chi connectivity index (χ0v) is 13.9. The van der Waals surface area contributed by atoms with E-state index in [0.717, 1.165) is 5.57 Å². The van der Waals surface area contributed by atoms with Crippen molar-refractivity contribution in [1.29, 1.82) is 0 Å². The molecule has 0 aliphatic heterocycles. The quantitative estimate of drug-likeness (QED) is 0.791. The molecule has 2 aromatic rings. The normalized spacial score (nSPS) is 13.2. The van der Waals surface area contributed by atoms with Gasteiger partial charge in [0, 0.05) is 18.8 Å². The number of hydrogen-bond donors (Lipinski definition) is 1. The van der Waals surface area contributed by atoms with Gasteiger partial charge in [-0.3, -0.25) is 4.79 Å². The molecule has 5 nitrogen and oxygen atoms in total. The van der Waals surface area contributed by atoms with Gasteiger partial charge in [-0.1, -0.05) is 36.4 Å². The van der Waals surface area contributed by atoms with Gasteiger partial charge in [-0.05, 0) is 37.6 Å². The lowest BCUT2D eigenvalue weighted by Gasteiger charge is -2.11. The van der Waals surface area contributed by atoms with Gasteiger partial charge in [-0.25, -0.2) is 9.67 Å². The van der Waals surface area contributed by atoms with Gasteiger partial charge in [-0.2, -0.15) is 5.10 Å². The highest BCUT2D eigenvalue weighted by Gasteiger charge is 2.21. The molecule has 0 saturated heterocycles. The van der Waals surface area contributed by atoms with Crippen LogP contribution in [-0.2, 0) is 11.2 Å². The predicted molar refractivity (Wildman–Crippen MR) is 93.9 cm³/mol. The molecule has 24 heavy (non-hydrogen) atoms. The second-order valence-corrected chi connectivity index (χ2v) is 5.50. The molecule has 0 fully saturated rings. The molecule has 0 aliphatic carbocycles. The van der Waals surface area contributed by atoms with Gasteiger partial charge in [0.25, 0.3) is 0 Å². The van der Waals surface area contributed by atoms with E-state index in [0.29, 0.717) is 17.1 Å². The van der Waals surface area contributed by atoms with Crippen LogP contribution in [0.4, 0.5) is 0 Å². The van der Waals surface area contributed by atoms with E-state index < -0.39 is 11.9 Å². The van der Waals surface area contributed by atoms with Gasteiger partial charge in [0.2, 0.25) is 0 Å². The topological polar surface area (TPSA) is 68.0 Å². The Labute approximate surface area is 141 Å². The van der Waals surface area contributed by atoms with E-state index in [4.69, 9.17) is 0 Å². The highest BCUT2D eigenvalue weighted by molar-refractivity contribution is 5.74. The summed E-state index contributed by atoms with van der Waals surface area (Å²) in [4.78, 5) is 15.8. The highest BCUT2D eigenvalue weighted by Crippen LogP contribution is 2.19. The van der Waals surface area contributed by atoms with E-state index in [9.17, 15) is 9.90 Å². The van der Waals surface area contributed by atoms with Crippen LogP contribution in [0.25, 0.3) is 5.82 Å². The van der Waals surface area contributed by atoms with Crippen molar-refractivity contribution in [3.8, 4) is 5.82 Å². The monoisotopic (exact) mass is 323 g/mol. The Morgan fingerprint density at radius 1 is 1.42 bits per heavy atom. The van der Waals surface area contributed by atoms with Crippen LogP contribution in [0.1, 0.15) is 19.5 Å². The van der Waals surface area contributed by atoms with Crippen LogP contribution in [-0.4, -0.2) is 25.8 Å². The molecule has 0 amide bonds. The minimum Gasteiger partial charge on any atom is -0.481 e. The Kier molecular flexibility index (Phi) is 5.84. The largest absolute Gasteiger partial charge is 0.481 e. The van der Waals surface area contributed by atoms with Crippen LogP contribution in [0, 0.1) is 5.92 Å². The summed E-state index contributed by atoms with van der Waals surface area (Å²) in [7, 11) is 0. The molecule has 2 heterocycles. The number of hydrogen-bond acceptors (Lipinski definition) is 3. The van der Waals surface area contributed by atoms with Crippen molar-refractivity contribution >= 4 is 5.97 Å². The first-order valence-electron chi connectivity index (χ1n) is 7.70. The van der Waals surface area contributed by atoms with E-state index in [1.54, 1.807) is 29.2 Å². The summed E-state index contributed by atoms with van der Waals surface area (Å²) in [6.45, 7) is 7.75. The molecule has 0 radical (unpaired) electrons. The maximum atomic E-state index is 11.6. The minimum absolute atomic E-state index is 0.285. The summed E-state index contributed by atoms with van der Waals surface area (Å²) >= 11 is 0. The van der Waals surface area contributed by atoms with Crippen molar-refractivity contribution in [2.75, 3.05) is 0 Å². The number of rotatable bonds is 7. The van der Waals surface area contributed by atoms with Gasteiger partial charge in [0.1, 0.15) is 0 Å². The summed E-state index contributed by atoms with van der Waals surface area (Å²) < 4.78 is 1.64. The van der Waals surface area contributed by atoms with Crippen molar-refractivity contribution in [3.05, 3.63) is 78.3 Å². The Bertz CT molecular complexity index is 773. The molecule has 2 rings (SSSR count). The summed E-state index contributed by atoms with van der Waals surface area (Å²) in [5, 5.41) is 13.9. The third-order valence-corrected chi connectivity index (χ3v) is 3.53. The number of allylic oxidation sites excluding steroid dienone is 4. The first-order valence-corrected chi connectivity index (χ1v) is 7.70. The Morgan fingerprint density at radius 2 is 2.21 bits per heavy atom. The number of carbonyl (C=O) groups is 1. The average Bonchev–Trinajstić information content (AvgIpc) is 3.02. The fraction of sp³-hybridized carbons (Fsp3) is 0.211. The lowest BCUT2D eigenvalue weighted by molar-refractivity contribution is -0.140. The molecule has 1 N–H and O–H groups in total. The number of pyridine rings is 1. The van der Waals surface area contributed by atoms with Gasteiger partial charge in [-0.15, -0.1) is 0 Å². The van der Waals surface area contributed by atoms with Crippen molar-refractivity contribution in [2.24, 2.45) is 5.92 Å². The highest BCUT2D eigenvalue weighted by atomic mass is 16.4. The molecule has 0 bridgehead atoms. The number of nitrogens with zero attached hydrogens (tertiary/aromatic N) is 3. The van der Waals surface area contributed by atoms with Crippen molar-refractivity contribution in [2.45, 2.75) is 20.3 Å².